The number of benzene rings is 1. The average molecular weight is 283 g/mol. The SMILES string of the molecule is CCCOc1ncnc(N(C)c2ccc(C#N)cc2)c1N. The molecule has 6 nitrogen and oxygen atoms in total. The summed E-state index contributed by atoms with van der Waals surface area (Å²) < 4.78 is 5.50. The molecule has 6 heteroatoms. The van der Waals surface area contributed by atoms with Crippen LogP contribution in [0, 0.1) is 11.3 Å². The third-order valence-corrected chi connectivity index (χ3v) is 2.97. The molecule has 0 saturated heterocycles. The van der Waals surface area contributed by atoms with E-state index in [0.717, 1.165) is 12.1 Å². The summed E-state index contributed by atoms with van der Waals surface area (Å²) in [7, 11) is 1.85. The summed E-state index contributed by atoms with van der Waals surface area (Å²) in [6.45, 7) is 2.57. The van der Waals surface area contributed by atoms with Crippen LogP contribution in [0.4, 0.5) is 17.2 Å². The zero-order valence-electron chi connectivity index (χ0n) is 12.1. The van der Waals surface area contributed by atoms with E-state index in [9.17, 15) is 0 Å². The zero-order valence-corrected chi connectivity index (χ0v) is 12.1. The number of hydrogen-bond donors (Lipinski definition) is 1. The second kappa shape index (κ2) is 6.57. The maximum atomic E-state index is 8.83. The minimum absolute atomic E-state index is 0.391. The summed E-state index contributed by atoms with van der Waals surface area (Å²) in [5.74, 6) is 0.961. The van der Waals surface area contributed by atoms with Gasteiger partial charge in [-0.15, -0.1) is 0 Å². The lowest BCUT2D eigenvalue weighted by Crippen LogP contribution is -2.15. The summed E-state index contributed by atoms with van der Waals surface area (Å²) in [6, 6.07) is 9.26. The van der Waals surface area contributed by atoms with Crippen LogP contribution in [0.25, 0.3) is 0 Å². The fourth-order valence-corrected chi connectivity index (χ4v) is 1.83. The maximum absolute atomic E-state index is 8.83. The number of hydrogen-bond acceptors (Lipinski definition) is 6. The highest BCUT2D eigenvalue weighted by molar-refractivity contribution is 5.73. The Labute approximate surface area is 123 Å². The quantitative estimate of drug-likeness (QED) is 0.907. The first-order chi connectivity index (χ1) is 10.2. The number of nitrogens with two attached hydrogens (primary N) is 1. The number of nitriles is 1. The smallest absolute Gasteiger partial charge is 0.242 e. The fraction of sp³-hybridized carbons (Fsp3) is 0.267. The molecule has 0 fully saturated rings. The van der Waals surface area contributed by atoms with Crippen molar-refractivity contribution in [1.82, 2.24) is 9.97 Å². The molecule has 0 spiro atoms. The molecule has 1 heterocycles. The molecule has 0 amide bonds. The van der Waals surface area contributed by atoms with Crippen molar-refractivity contribution >= 4 is 17.2 Å². The molecule has 2 N–H and O–H groups in total. The first-order valence-corrected chi connectivity index (χ1v) is 6.64. The molecule has 0 unspecified atom stereocenters. The average Bonchev–Trinajstić information content (AvgIpc) is 2.53. The first-order valence-electron chi connectivity index (χ1n) is 6.64. The highest BCUT2D eigenvalue weighted by atomic mass is 16.5. The molecule has 0 aliphatic rings. The Morgan fingerprint density at radius 1 is 1.29 bits per heavy atom. The fourth-order valence-electron chi connectivity index (χ4n) is 1.83. The van der Waals surface area contributed by atoms with Crippen LogP contribution >= 0.6 is 0 Å². The second-order valence-electron chi connectivity index (χ2n) is 4.48. The van der Waals surface area contributed by atoms with Crippen molar-refractivity contribution < 1.29 is 4.74 Å². The van der Waals surface area contributed by atoms with Gasteiger partial charge in [-0.2, -0.15) is 10.2 Å². The van der Waals surface area contributed by atoms with E-state index in [2.05, 4.69) is 16.0 Å². The standard InChI is InChI=1S/C15H17N5O/c1-3-8-21-15-13(17)14(18-10-19-15)20(2)12-6-4-11(9-16)5-7-12/h4-7,10H,3,8,17H2,1-2H3. The molecule has 1 aromatic heterocycles. The van der Waals surface area contributed by atoms with Crippen molar-refractivity contribution in [2.75, 3.05) is 24.3 Å². The largest absolute Gasteiger partial charge is 0.476 e. The van der Waals surface area contributed by atoms with E-state index in [-0.39, 0.29) is 0 Å². The predicted molar refractivity (Wildman–Crippen MR) is 81.5 cm³/mol. The third kappa shape index (κ3) is 3.20. The number of ether oxygens (including phenoxy) is 1. The topological polar surface area (TPSA) is 88.1 Å². The van der Waals surface area contributed by atoms with Gasteiger partial charge in [0.25, 0.3) is 0 Å². The molecule has 0 aliphatic carbocycles. The molecule has 0 radical (unpaired) electrons. The number of nitrogens with zero attached hydrogens (tertiary/aromatic N) is 4. The van der Waals surface area contributed by atoms with Gasteiger partial charge in [-0.25, -0.2) is 4.98 Å². The number of rotatable bonds is 5. The Kier molecular flexibility index (Phi) is 4.57. The van der Waals surface area contributed by atoms with Crippen LogP contribution in [-0.4, -0.2) is 23.6 Å². The Morgan fingerprint density at radius 3 is 2.62 bits per heavy atom. The third-order valence-electron chi connectivity index (χ3n) is 2.97. The molecule has 0 saturated carbocycles. The van der Waals surface area contributed by atoms with Crippen LogP contribution in [0.3, 0.4) is 0 Å². The lowest BCUT2D eigenvalue weighted by molar-refractivity contribution is 0.306. The molecule has 21 heavy (non-hydrogen) atoms. The van der Waals surface area contributed by atoms with Gasteiger partial charge in [-0.1, -0.05) is 6.92 Å². The van der Waals surface area contributed by atoms with Crippen LogP contribution in [0.1, 0.15) is 18.9 Å². The van der Waals surface area contributed by atoms with Crippen molar-refractivity contribution in [3.63, 3.8) is 0 Å². The highest BCUT2D eigenvalue weighted by Gasteiger charge is 2.14. The van der Waals surface area contributed by atoms with Crippen molar-refractivity contribution in [2.24, 2.45) is 0 Å². The lowest BCUT2D eigenvalue weighted by Gasteiger charge is -2.20. The van der Waals surface area contributed by atoms with E-state index >= 15 is 0 Å². The second-order valence-corrected chi connectivity index (χ2v) is 4.48. The molecule has 2 aromatic rings. The van der Waals surface area contributed by atoms with Gasteiger partial charge in [0.15, 0.2) is 5.82 Å². The van der Waals surface area contributed by atoms with Crippen LogP contribution < -0.4 is 15.4 Å². The van der Waals surface area contributed by atoms with Crippen molar-refractivity contribution in [2.45, 2.75) is 13.3 Å². The van der Waals surface area contributed by atoms with E-state index in [1.165, 1.54) is 6.33 Å². The van der Waals surface area contributed by atoms with Crippen LogP contribution in [0.5, 0.6) is 5.88 Å². The summed E-state index contributed by atoms with van der Waals surface area (Å²) in [5.41, 5.74) is 7.96. The normalized spacial score (nSPS) is 9.95. The maximum Gasteiger partial charge on any atom is 0.242 e. The lowest BCUT2D eigenvalue weighted by atomic mass is 10.2. The number of nitrogen functional groups attached to an aromatic ring is 1. The molecule has 0 bridgehead atoms. The first kappa shape index (κ1) is 14.6. The summed E-state index contributed by atoms with van der Waals surface area (Å²) in [4.78, 5) is 10.1. The van der Waals surface area contributed by atoms with E-state index in [1.54, 1.807) is 12.1 Å². The minimum atomic E-state index is 0.391. The van der Waals surface area contributed by atoms with E-state index in [4.69, 9.17) is 15.7 Å². The Balaban J connectivity index is 2.29. The van der Waals surface area contributed by atoms with Gasteiger partial charge < -0.3 is 15.4 Å². The summed E-state index contributed by atoms with van der Waals surface area (Å²) in [5, 5.41) is 8.83. The Morgan fingerprint density at radius 2 is 2.00 bits per heavy atom. The van der Waals surface area contributed by atoms with Gasteiger partial charge in [0.1, 0.15) is 12.0 Å². The Bertz CT molecular complexity index is 648. The van der Waals surface area contributed by atoms with Gasteiger partial charge in [0.2, 0.25) is 5.88 Å². The molecule has 0 atom stereocenters. The van der Waals surface area contributed by atoms with Gasteiger partial charge in [0.05, 0.1) is 18.2 Å². The van der Waals surface area contributed by atoms with Crippen molar-refractivity contribution in [3.8, 4) is 11.9 Å². The molecule has 108 valence electrons. The highest BCUT2D eigenvalue weighted by Crippen LogP contribution is 2.31. The minimum Gasteiger partial charge on any atom is -0.476 e. The zero-order chi connectivity index (χ0) is 15.2. The van der Waals surface area contributed by atoms with Gasteiger partial charge >= 0.3 is 0 Å². The predicted octanol–water partition coefficient (Wildman–Crippen LogP) is 2.49. The van der Waals surface area contributed by atoms with E-state index in [0.29, 0.717) is 29.6 Å². The van der Waals surface area contributed by atoms with Gasteiger partial charge in [0, 0.05) is 12.7 Å². The monoisotopic (exact) mass is 283 g/mol. The molecular formula is C15H17N5O. The molecule has 1 aromatic carbocycles. The molecular weight excluding hydrogens is 266 g/mol. The van der Waals surface area contributed by atoms with Gasteiger partial charge in [-0.3, -0.25) is 0 Å². The van der Waals surface area contributed by atoms with Crippen molar-refractivity contribution in [1.29, 1.82) is 5.26 Å². The molecule has 2 rings (SSSR count). The molecule has 0 aliphatic heterocycles. The van der Waals surface area contributed by atoms with Crippen LogP contribution in [-0.2, 0) is 0 Å². The summed E-state index contributed by atoms with van der Waals surface area (Å²) >= 11 is 0. The van der Waals surface area contributed by atoms with Gasteiger partial charge in [-0.05, 0) is 30.7 Å². The Hall–Kier alpha value is -2.81. The van der Waals surface area contributed by atoms with Crippen LogP contribution in [0.15, 0.2) is 30.6 Å². The van der Waals surface area contributed by atoms with E-state index < -0.39 is 0 Å². The van der Waals surface area contributed by atoms with Crippen LogP contribution in [0.2, 0.25) is 0 Å². The van der Waals surface area contributed by atoms with E-state index in [1.807, 2.05) is 31.0 Å². The number of aromatic nitrogens is 2. The van der Waals surface area contributed by atoms with Crippen molar-refractivity contribution in [3.05, 3.63) is 36.2 Å². The summed E-state index contributed by atoms with van der Waals surface area (Å²) in [6.07, 6.45) is 2.31. The number of anilines is 3.